The molecular weight excluding hydrogens is 146 g/mol. The van der Waals surface area contributed by atoms with Crippen molar-refractivity contribution in [1.82, 2.24) is 4.90 Å². The van der Waals surface area contributed by atoms with Gasteiger partial charge in [-0.3, -0.25) is 4.90 Å². The fraction of sp³-hybridized carbons (Fsp3) is 0.750. The topological polar surface area (TPSA) is 3.24 Å². The highest BCUT2D eigenvalue weighted by atomic mass is 35.5. The second-order valence-electron chi connectivity index (χ2n) is 2.92. The SMILES string of the molecule is CC(C)=CCC(Cl)N(C)C. The van der Waals surface area contributed by atoms with Gasteiger partial charge in [-0.1, -0.05) is 11.6 Å². The molecule has 2 heteroatoms. The van der Waals surface area contributed by atoms with Gasteiger partial charge in [0.25, 0.3) is 0 Å². The molecule has 0 amide bonds. The van der Waals surface area contributed by atoms with E-state index in [1.54, 1.807) is 0 Å². The fourth-order valence-electron chi connectivity index (χ4n) is 0.544. The molecule has 0 spiro atoms. The Hall–Kier alpha value is -0.0100. The van der Waals surface area contributed by atoms with E-state index in [0.29, 0.717) is 0 Å². The van der Waals surface area contributed by atoms with E-state index >= 15 is 0 Å². The van der Waals surface area contributed by atoms with Crippen LogP contribution in [-0.4, -0.2) is 24.5 Å². The molecule has 60 valence electrons. The largest absolute Gasteiger partial charge is 0.293 e. The second-order valence-corrected chi connectivity index (χ2v) is 3.42. The first-order chi connectivity index (χ1) is 4.54. The Kier molecular flexibility index (Phi) is 4.75. The van der Waals surface area contributed by atoms with Gasteiger partial charge in [-0.15, -0.1) is 11.6 Å². The monoisotopic (exact) mass is 161 g/mol. The Morgan fingerprint density at radius 2 is 2.00 bits per heavy atom. The minimum absolute atomic E-state index is 0.134. The number of rotatable bonds is 3. The van der Waals surface area contributed by atoms with Gasteiger partial charge in [0.2, 0.25) is 0 Å². The minimum Gasteiger partial charge on any atom is -0.293 e. The number of halogens is 1. The summed E-state index contributed by atoms with van der Waals surface area (Å²) < 4.78 is 0. The summed E-state index contributed by atoms with van der Waals surface area (Å²) in [5.74, 6) is 0. The number of alkyl halides is 1. The van der Waals surface area contributed by atoms with E-state index in [1.165, 1.54) is 5.57 Å². The maximum Gasteiger partial charge on any atom is 0.0880 e. The zero-order valence-electron chi connectivity index (χ0n) is 7.19. The van der Waals surface area contributed by atoms with Crippen LogP contribution in [-0.2, 0) is 0 Å². The van der Waals surface area contributed by atoms with Gasteiger partial charge in [0, 0.05) is 0 Å². The summed E-state index contributed by atoms with van der Waals surface area (Å²) in [7, 11) is 3.97. The van der Waals surface area contributed by atoms with Crippen molar-refractivity contribution in [3.8, 4) is 0 Å². The molecule has 0 rings (SSSR count). The van der Waals surface area contributed by atoms with Crippen LogP contribution in [0.15, 0.2) is 11.6 Å². The third-order valence-corrected chi connectivity index (χ3v) is 1.85. The first-order valence-corrected chi connectivity index (χ1v) is 3.91. The maximum absolute atomic E-state index is 5.94. The average molecular weight is 162 g/mol. The number of hydrogen-bond donors (Lipinski definition) is 0. The highest BCUT2D eigenvalue weighted by molar-refractivity contribution is 6.20. The highest BCUT2D eigenvalue weighted by Crippen LogP contribution is 2.06. The van der Waals surface area contributed by atoms with Crippen LogP contribution >= 0.6 is 11.6 Å². The smallest absolute Gasteiger partial charge is 0.0880 e. The van der Waals surface area contributed by atoms with Gasteiger partial charge in [-0.25, -0.2) is 0 Å². The molecule has 0 aromatic rings. The Morgan fingerprint density at radius 1 is 1.50 bits per heavy atom. The third kappa shape index (κ3) is 4.83. The van der Waals surface area contributed by atoms with E-state index < -0.39 is 0 Å². The lowest BCUT2D eigenvalue weighted by Gasteiger charge is -2.15. The van der Waals surface area contributed by atoms with Gasteiger partial charge < -0.3 is 0 Å². The van der Waals surface area contributed by atoms with Gasteiger partial charge in [0.05, 0.1) is 5.50 Å². The molecule has 1 atom stereocenters. The van der Waals surface area contributed by atoms with E-state index in [2.05, 4.69) is 19.9 Å². The highest BCUT2D eigenvalue weighted by Gasteiger charge is 2.02. The summed E-state index contributed by atoms with van der Waals surface area (Å²) in [6.45, 7) is 4.17. The van der Waals surface area contributed by atoms with Gasteiger partial charge in [-0.2, -0.15) is 0 Å². The van der Waals surface area contributed by atoms with Crippen molar-refractivity contribution in [3.63, 3.8) is 0 Å². The molecule has 0 fully saturated rings. The van der Waals surface area contributed by atoms with Crippen LogP contribution in [0.2, 0.25) is 0 Å². The van der Waals surface area contributed by atoms with E-state index in [4.69, 9.17) is 11.6 Å². The van der Waals surface area contributed by atoms with E-state index in [9.17, 15) is 0 Å². The van der Waals surface area contributed by atoms with Crippen LogP contribution in [0.4, 0.5) is 0 Å². The van der Waals surface area contributed by atoms with Crippen molar-refractivity contribution in [1.29, 1.82) is 0 Å². The first-order valence-electron chi connectivity index (χ1n) is 3.48. The third-order valence-electron chi connectivity index (χ3n) is 1.28. The first kappa shape index (κ1) is 9.99. The summed E-state index contributed by atoms with van der Waals surface area (Å²) in [4.78, 5) is 2.00. The number of hydrogen-bond acceptors (Lipinski definition) is 1. The lowest BCUT2D eigenvalue weighted by Crippen LogP contribution is -2.21. The minimum atomic E-state index is 0.134. The van der Waals surface area contributed by atoms with E-state index in [0.717, 1.165) is 6.42 Å². The van der Waals surface area contributed by atoms with Crippen LogP contribution in [0.25, 0.3) is 0 Å². The molecule has 0 heterocycles. The maximum atomic E-state index is 5.94. The molecule has 0 bridgehead atoms. The van der Waals surface area contributed by atoms with Gasteiger partial charge in [0.15, 0.2) is 0 Å². The second kappa shape index (κ2) is 4.75. The summed E-state index contributed by atoms with van der Waals surface area (Å²) in [6, 6.07) is 0. The number of nitrogens with zero attached hydrogens (tertiary/aromatic N) is 1. The van der Waals surface area contributed by atoms with Crippen molar-refractivity contribution >= 4 is 11.6 Å². The summed E-state index contributed by atoms with van der Waals surface area (Å²) in [5.41, 5.74) is 1.46. The van der Waals surface area contributed by atoms with Crippen molar-refractivity contribution in [3.05, 3.63) is 11.6 Å². The van der Waals surface area contributed by atoms with Crippen molar-refractivity contribution in [2.75, 3.05) is 14.1 Å². The molecule has 0 aliphatic heterocycles. The lowest BCUT2D eigenvalue weighted by molar-refractivity contribution is 0.378. The normalized spacial score (nSPS) is 13.4. The predicted molar refractivity (Wildman–Crippen MR) is 47.4 cm³/mol. The molecular formula is C8H16ClN. The molecule has 0 N–H and O–H groups in total. The molecule has 0 saturated carbocycles. The van der Waals surface area contributed by atoms with Crippen LogP contribution in [0.1, 0.15) is 20.3 Å². The molecule has 0 aromatic heterocycles. The van der Waals surface area contributed by atoms with Gasteiger partial charge in [0.1, 0.15) is 0 Å². The molecule has 0 radical (unpaired) electrons. The quantitative estimate of drug-likeness (QED) is 0.349. The Labute approximate surface area is 68.7 Å². The summed E-state index contributed by atoms with van der Waals surface area (Å²) in [6.07, 6.45) is 3.08. The Bertz CT molecular complexity index is 114. The van der Waals surface area contributed by atoms with Crippen LogP contribution in [0, 0.1) is 0 Å². The zero-order chi connectivity index (χ0) is 8.15. The van der Waals surface area contributed by atoms with Crippen LogP contribution < -0.4 is 0 Å². The molecule has 0 saturated heterocycles. The summed E-state index contributed by atoms with van der Waals surface area (Å²) >= 11 is 5.94. The lowest BCUT2D eigenvalue weighted by atomic mass is 10.2. The van der Waals surface area contributed by atoms with E-state index in [1.807, 2.05) is 19.0 Å². The molecule has 1 unspecified atom stereocenters. The average Bonchev–Trinajstić information content (AvgIpc) is 1.82. The fourth-order valence-corrected chi connectivity index (χ4v) is 0.633. The molecule has 10 heavy (non-hydrogen) atoms. The van der Waals surface area contributed by atoms with Gasteiger partial charge >= 0.3 is 0 Å². The predicted octanol–water partition coefficient (Wildman–Crippen LogP) is 2.47. The Morgan fingerprint density at radius 3 is 2.30 bits per heavy atom. The van der Waals surface area contributed by atoms with Crippen LogP contribution in [0.3, 0.4) is 0 Å². The Balaban J connectivity index is 3.59. The van der Waals surface area contributed by atoms with Crippen molar-refractivity contribution in [2.24, 2.45) is 0 Å². The van der Waals surface area contributed by atoms with Gasteiger partial charge in [-0.05, 0) is 34.4 Å². The summed E-state index contributed by atoms with van der Waals surface area (Å²) in [5, 5.41) is 0. The van der Waals surface area contributed by atoms with Crippen molar-refractivity contribution < 1.29 is 0 Å². The zero-order valence-corrected chi connectivity index (χ0v) is 7.94. The number of allylic oxidation sites excluding steroid dienone is 1. The van der Waals surface area contributed by atoms with E-state index in [-0.39, 0.29) is 5.50 Å². The van der Waals surface area contributed by atoms with Crippen LogP contribution in [0.5, 0.6) is 0 Å². The molecule has 0 aliphatic rings. The van der Waals surface area contributed by atoms with Crippen molar-refractivity contribution in [2.45, 2.75) is 25.8 Å². The molecule has 0 aromatic carbocycles. The standard InChI is InChI=1S/C8H16ClN/c1-7(2)5-6-8(9)10(3)4/h5,8H,6H2,1-4H3. The molecule has 0 aliphatic carbocycles. The molecule has 1 nitrogen and oxygen atoms in total.